The van der Waals surface area contributed by atoms with E-state index in [2.05, 4.69) is 5.32 Å². The Hall–Kier alpha value is -1.62. The van der Waals surface area contributed by atoms with Gasteiger partial charge < -0.3 is 15.2 Å². The quantitative estimate of drug-likeness (QED) is 0.712. The molecule has 0 radical (unpaired) electrons. The van der Waals surface area contributed by atoms with Gasteiger partial charge >= 0.3 is 5.97 Å². The third kappa shape index (κ3) is 4.87. The molecule has 0 heterocycles. The third-order valence-electron chi connectivity index (χ3n) is 3.10. The molecule has 19 heavy (non-hydrogen) atoms. The van der Waals surface area contributed by atoms with Gasteiger partial charge in [0.05, 0.1) is 6.61 Å². The molecule has 1 aromatic rings. The lowest BCUT2D eigenvalue weighted by Gasteiger charge is -2.24. The van der Waals surface area contributed by atoms with Gasteiger partial charge in [-0.1, -0.05) is 6.92 Å². The van der Waals surface area contributed by atoms with Crippen molar-refractivity contribution < 1.29 is 19.0 Å². The van der Waals surface area contributed by atoms with E-state index < -0.39 is 11.5 Å². The summed E-state index contributed by atoms with van der Waals surface area (Å²) in [6, 6.07) is 5.81. The van der Waals surface area contributed by atoms with E-state index in [0.717, 1.165) is 0 Å². The molecule has 1 unspecified atom stereocenters. The maximum atomic E-state index is 12.7. The molecule has 106 valence electrons. The number of aliphatic carboxylic acids is 1. The fraction of sp³-hybridized carbons (Fsp3) is 0.500. The summed E-state index contributed by atoms with van der Waals surface area (Å²) in [5, 5.41) is 12.1. The Balaban J connectivity index is 2.24. The van der Waals surface area contributed by atoms with Crippen molar-refractivity contribution in [1.82, 2.24) is 5.32 Å². The Morgan fingerprint density at radius 2 is 2.05 bits per heavy atom. The molecule has 0 spiro atoms. The van der Waals surface area contributed by atoms with E-state index in [9.17, 15) is 9.18 Å². The SMILES string of the molecule is CCC(C)(NCCCOc1ccc(F)cc1)C(=O)O. The number of carboxylic acids is 1. The van der Waals surface area contributed by atoms with Crippen molar-refractivity contribution in [2.75, 3.05) is 13.2 Å². The van der Waals surface area contributed by atoms with Crippen LogP contribution in [0.2, 0.25) is 0 Å². The lowest BCUT2D eigenvalue weighted by atomic mass is 9.99. The van der Waals surface area contributed by atoms with Crippen LogP contribution in [0.3, 0.4) is 0 Å². The zero-order chi connectivity index (χ0) is 14.3. The molecular weight excluding hydrogens is 249 g/mol. The second-order valence-electron chi connectivity index (χ2n) is 4.57. The van der Waals surface area contributed by atoms with Crippen molar-refractivity contribution in [3.8, 4) is 5.75 Å². The van der Waals surface area contributed by atoms with Gasteiger partial charge in [-0.15, -0.1) is 0 Å². The second kappa shape index (κ2) is 7.09. The minimum atomic E-state index is -0.893. The summed E-state index contributed by atoms with van der Waals surface area (Å²) in [5.74, 6) is -0.540. The van der Waals surface area contributed by atoms with Crippen LogP contribution in [0.1, 0.15) is 26.7 Å². The zero-order valence-electron chi connectivity index (χ0n) is 11.3. The normalized spacial score (nSPS) is 13.8. The van der Waals surface area contributed by atoms with E-state index in [4.69, 9.17) is 9.84 Å². The van der Waals surface area contributed by atoms with E-state index in [0.29, 0.717) is 31.7 Å². The molecule has 0 fully saturated rings. The van der Waals surface area contributed by atoms with Crippen molar-refractivity contribution in [1.29, 1.82) is 0 Å². The fourth-order valence-electron chi connectivity index (χ4n) is 1.51. The van der Waals surface area contributed by atoms with Gasteiger partial charge in [-0.3, -0.25) is 4.79 Å². The Bertz CT molecular complexity index is 408. The molecule has 0 aliphatic heterocycles. The van der Waals surface area contributed by atoms with Crippen LogP contribution in [0.5, 0.6) is 5.75 Å². The molecule has 0 saturated carbocycles. The number of hydrogen-bond acceptors (Lipinski definition) is 3. The number of benzene rings is 1. The molecule has 1 rings (SSSR count). The molecule has 1 aromatic carbocycles. The van der Waals surface area contributed by atoms with Crippen molar-refractivity contribution in [2.24, 2.45) is 0 Å². The van der Waals surface area contributed by atoms with E-state index in [1.54, 1.807) is 19.1 Å². The monoisotopic (exact) mass is 269 g/mol. The summed E-state index contributed by atoms with van der Waals surface area (Å²) in [7, 11) is 0. The van der Waals surface area contributed by atoms with Gasteiger partial charge in [0.1, 0.15) is 17.1 Å². The number of halogens is 1. The van der Waals surface area contributed by atoms with Gasteiger partial charge in [0.15, 0.2) is 0 Å². The first-order valence-electron chi connectivity index (χ1n) is 6.35. The summed E-state index contributed by atoms with van der Waals surface area (Å²) >= 11 is 0. The van der Waals surface area contributed by atoms with Crippen LogP contribution < -0.4 is 10.1 Å². The molecule has 5 heteroatoms. The van der Waals surface area contributed by atoms with E-state index in [1.807, 2.05) is 6.92 Å². The predicted molar refractivity (Wildman–Crippen MR) is 70.8 cm³/mol. The highest BCUT2D eigenvalue weighted by molar-refractivity contribution is 5.78. The summed E-state index contributed by atoms with van der Waals surface area (Å²) in [5.41, 5.74) is -0.893. The van der Waals surface area contributed by atoms with Gasteiger partial charge in [0.2, 0.25) is 0 Å². The Morgan fingerprint density at radius 1 is 1.42 bits per heavy atom. The van der Waals surface area contributed by atoms with Gasteiger partial charge in [-0.25, -0.2) is 4.39 Å². The van der Waals surface area contributed by atoms with Crippen LogP contribution in [0.4, 0.5) is 4.39 Å². The Kier molecular flexibility index (Phi) is 5.76. The van der Waals surface area contributed by atoms with Crippen LogP contribution in [0, 0.1) is 5.82 Å². The minimum absolute atomic E-state index is 0.297. The number of hydrogen-bond donors (Lipinski definition) is 2. The predicted octanol–water partition coefficient (Wildman–Crippen LogP) is 2.44. The molecule has 0 bridgehead atoms. The molecule has 0 amide bonds. The molecule has 2 N–H and O–H groups in total. The lowest BCUT2D eigenvalue weighted by molar-refractivity contribution is -0.144. The first kappa shape index (κ1) is 15.4. The van der Waals surface area contributed by atoms with E-state index in [-0.39, 0.29) is 5.82 Å². The standard InChI is InChI=1S/C14H20FNO3/c1-3-14(2,13(17)18)16-9-4-10-19-12-7-5-11(15)6-8-12/h5-8,16H,3-4,9-10H2,1-2H3,(H,17,18). The Labute approximate surface area is 112 Å². The summed E-state index contributed by atoms with van der Waals surface area (Å²) < 4.78 is 18.1. The van der Waals surface area contributed by atoms with Gasteiger partial charge in [-0.05, 0) is 50.6 Å². The third-order valence-corrected chi connectivity index (χ3v) is 3.10. The highest BCUT2D eigenvalue weighted by atomic mass is 19.1. The van der Waals surface area contributed by atoms with E-state index in [1.165, 1.54) is 12.1 Å². The maximum absolute atomic E-state index is 12.7. The lowest BCUT2D eigenvalue weighted by Crippen LogP contribution is -2.49. The number of ether oxygens (including phenoxy) is 1. The van der Waals surface area contributed by atoms with E-state index >= 15 is 0 Å². The summed E-state index contributed by atoms with van der Waals surface area (Å²) in [4.78, 5) is 11.0. The number of rotatable bonds is 8. The highest BCUT2D eigenvalue weighted by Gasteiger charge is 2.29. The molecule has 0 aliphatic carbocycles. The number of nitrogens with one attached hydrogen (secondary N) is 1. The molecular formula is C14H20FNO3. The largest absolute Gasteiger partial charge is 0.494 e. The van der Waals surface area contributed by atoms with Crippen LogP contribution >= 0.6 is 0 Å². The van der Waals surface area contributed by atoms with Gasteiger partial charge in [0.25, 0.3) is 0 Å². The highest BCUT2D eigenvalue weighted by Crippen LogP contribution is 2.12. The Morgan fingerprint density at radius 3 is 2.58 bits per heavy atom. The average Bonchev–Trinajstić information content (AvgIpc) is 2.40. The van der Waals surface area contributed by atoms with Gasteiger partial charge in [-0.2, -0.15) is 0 Å². The number of carbonyl (C=O) groups is 1. The molecule has 0 aliphatic rings. The first-order chi connectivity index (χ1) is 8.98. The summed E-state index contributed by atoms with van der Waals surface area (Å²) in [6.07, 6.45) is 1.20. The molecule has 0 aromatic heterocycles. The van der Waals surface area contributed by atoms with Crippen LogP contribution in [-0.2, 0) is 4.79 Å². The zero-order valence-corrected chi connectivity index (χ0v) is 11.3. The minimum Gasteiger partial charge on any atom is -0.494 e. The average molecular weight is 269 g/mol. The maximum Gasteiger partial charge on any atom is 0.323 e. The smallest absolute Gasteiger partial charge is 0.323 e. The van der Waals surface area contributed by atoms with Gasteiger partial charge in [0, 0.05) is 0 Å². The first-order valence-corrected chi connectivity index (χ1v) is 6.35. The molecule has 1 atom stereocenters. The topological polar surface area (TPSA) is 58.6 Å². The van der Waals surface area contributed by atoms with Crippen molar-refractivity contribution >= 4 is 5.97 Å². The van der Waals surface area contributed by atoms with Crippen molar-refractivity contribution in [3.63, 3.8) is 0 Å². The molecule has 0 saturated heterocycles. The van der Waals surface area contributed by atoms with Crippen molar-refractivity contribution in [2.45, 2.75) is 32.2 Å². The van der Waals surface area contributed by atoms with Crippen molar-refractivity contribution in [3.05, 3.63) is 30.1 Å². The number of carboxylic acid groups (broad SMARTS) is 1. The van der Waals surface area contributed by atoms with Crippen LogP contribution in [0.25, 0.3) is 0 Å². The molecule has 4 nitrogen and oxygen atoms in total. The van der Waals surface area contributed by atoms with Crippen LogP contribution in [-0.4, -0.2) is 29.8 Å². The second-order valence-corrected chi connectivity index (χ2v) is 4.57. The summed E-state index contributed by atoms with van der Waals surface area (Å²) in [6.45, 7) is 4.50. The van der Waals surface area contributed by atoms with Crippen LogP contribution in [0.15, 0.2) is 24.3 Å². The fourth-order valence-corrected chi connectivity index (χ4v) is 1.51.